The molecule has 1 heterocycles. The van der Waals surface area contributed by atoms with E-state index >= 15 is 0 Å². The summed E-state index contributed by atoms with van der Waals surface area (Å²) in [4.78, 5) is 11.9. The second-order valence-corrected chi connectivity index (χ2v) is 6.10. The van der Waals surface area contributed by atoms with Crippen molar-refractivity contribution in [3.05, 3.63) is 71.4 Å². The summed E-state index contributed by atoms with van der Waals surface area (Å²) in [7, 11) is 0. The number of carbonyl (C=O) groups is 1. The van der Waals surface area contributed by atoms with E-state index in [0.29, 0.717) is 31.2 Å². The summed E-state index contributed by atoms with van der Waals surface area (Å²) in [5.41, 5.74) is 2.86. The number of hydrogen-bond acceptors (Lipinski definition) is 4. The minimum Gasteiger partial charge on any atom is -0.421 e. The molecular weight excluding hydrogens is 333 g/mol. The first-order valence-electron chi connectivity index (χ1n) is 8.51. The van der Waals surface area contributed by atoms with Crippen LogP contribution in [0.3, 0.4) is 0 Å². The average molecular weight is 353 g/mol. The van der Waals surface area contributed by atoms with E-state index in [-0.39, 0.29) is 18.1 Å². The maximum Gasteiger partial charge on any atom is 0.247 e. The predicted octanol–water partition coefficient (Wildman–Crippen LogP) is 3.48. The van der Waals surface area contributed by atoms with E-state index < -0.39 is 0 Å². The third-order valence-electron chi connectivity index (χ3n) is 3.96. The smallest absolute Gasteiger partial charge is 0.247 e. The third kappa shape index (κ3) is 4.99. The van der Waals surface area contributed by atoms with E-state index in [1.54, 1.807) is 6.07 Å². The SMILES string of the molecule is Cc1ccc(-c2nnc(CCC(=O)NCCc3cccc(F)c3)o2)cc1. The van der Waals surface area contributed by atoms with Crippen molar-refractivity contribution in [3.63, 3.8) is 0 Å². The molecule has 6 heteroatoms. The highest BCUT2D eigenvalue weighted by Gasteiger charge is 2.10. The van der Waals surface area contributed by atoms with Crippen LogP contribution < -0.4 is 5.32 Å². The van der Waals surface area contributed by atoms with Gasteiger partial charge < -0.3 is 9.73 Å². The molecule has 0 atom stereocenters. The molecule has 0 spiro atoms. The van der Waals surface area contributed by atoms with Crippen molar-refractivity contribution in [2.24, 2.45) is 0 Å². The molecule has 0 saturated heterocycles. The number of rotatable bonds is 7. The summed E-state index contributed by atoms with van der Waals surface area (Å²) in [6, 6.07) is 14.2. The van der Waals surface area contributed by atoms with Crippen LogP contribution in [0.2, 0.25) is 0 Å². The molecule has 1 aromatic heterocycles. The predicted molar refractivity (Wildman–Crippen MR) is 95.9 cm³/mol. The van der Waals surface area contributed by atoms with Crippen LogP contribution in [0.15, 0.2) is 52.9 Å². The van der Waals surface area contributed by atoms with Crippen molar-refractivity contribution in [1.82, 2.24) is 15.5 Å². The van der Waals surface area contributed by atoms with Gasteiger partial charge in [-0.25, -0.2) is 4.39 Å². The maximum atomic E-state index is 13.1. The number of nitrogens with one attached hydrogen (secondary N) is 1. The number of carbonyl (C=O) groups excluding carboxylic acids is 1. The van der Waals surface area contributed by atoms with E-state index in [9.17, 15) is 9.18 Å². The first-order chi connectivity index (χ1) is 12.6. The van der Waals surface area contributed by atoms with Gasteiger partial charge in [-0.05, 0) is 43.2 Å². The number of hydrogen-bond donors (Lipinski definition) is 1. The maximum absolute atomic E-state index is 13.1. The Morgan fingerprint density at radius 3 is 2.69 bits per heavy atom. The van der Waals surface area contributed by atoms with Gasteiger partial charge in [0.05, 0.1) is 0 Å². The molecule has 1 amide bonds. The summed E-state index contributed by atoms with van der Waals surface area (Å²) in [5.74, 6) is 0.512. The van der Waals surface area contributed by atoms with E-state index in [0.717, 1.165) is 16.7 Å². The van der Waals surface area contributed by atoms with Crippen LogP contribution in [-0.4, -0.2) is 22.6 Å². The second kappa shape index (κ2) is 8.38. The van der Waals surface area contributed by atoms with Crippen LogP contribution >= 0.6 is 0 Å². The Morgan fingerprint density at radius 1 is 1.12 bits per heavy atom. The van der Waals surface area contributed by atoms with Gasteiger partial charge >= 0.3 is 0 Å². The van der Waals surface area contributed by atoms with Crippen molar-refractivity contribution in [1.29, 1.82) is 0 Å². The lowest BCUT2D eigenvalue weighted by atomic mass is 10.1. The molecule has 0 bridgehead atoms. The van der Waals surface area contributed by atoms with Gasteiger partial charge in [0.15, 0.2) is 0 Å². The first-order valence-corrected chi connectivity index (χ1v) is 8.51. The second-order valence-electron chi connectivity index (χ2n) is 6.10. The molecule has 3 rings (SSSR count). The van der Waals surface area contributed by atoms with E-state index in [2.05, 4.69) is 15.5 Å². The van der Waals surface area contributed by atoms with Crippen molar-refractivity contribution in [3.8, 4) is 11.5 Å². The van der Waals surface area contributed by atoms with Gasteiger partial charge in [-0.3, -0.25) is 4.79 Å². The quantitative estimate of drug-likeness (QED) is 0.706. The zero-order chi connectivity index (χ0) is 18.4. The monoisotopic (exact) mass is 353 g/mol. The summed E-state index contributed by atoms with van der Waals surface area (Å²) in [6.07, 6.45) is 1.23. The highest BCUT2D eigenvalue weighted by molar-refractivity contribution is 5.76. The minimum absolute atomic E-state index is 0.100. The number of aryl methyl sites for hydroxylation is 2. The standard InChI is InChI=1S/C20H20FN3O2/c1-14-5-7-16(8-6-14)20-24-23-19(26-20)10-9-18(25)22-12-11-15-3-2-4-17(21)13-15/h2-8,13H,9-12H2,1H3,(H,22,25). The van der Waals surface area contributed by atoms with E-state index in [4.69, 9.17) is 4.42 Å². The van der Waals surface area contributed by atoms with Crippen molar-refractivity contribution in [2.75, 3.05) is 6.54 Å². The molecule has 0 unspecified atom stereocenters. The van der Waals surface area contributed by atoms with Crippen LogP contribution in [0.4, 0.5) is 4.39 Å². The zero-order valence-electron chi connectivity index (χ0n) is 14.5. The Bertz CT molecular complexity index is 875. The Labute approximate surface area is 151 Å². The minimum atomic E-state index is -0.269. The van der Waals surface area contributed by atoms with E-state index in [1.165, 1.54) is 12.1 Å². The lowest BCUT2D eigenvalue weighted by molar-refractivity contribution is -0.121. The van der Waals surface area contributed by atoms with Gasteiger partial charge in [0.1, 0.15) is 5.82 Å². The fourth-order valence-corrected chi connectivity index (χ4v) is 2.52. The van der Waals surface area contributed by atoms with Gasteiger partial charge in [0.2, 0.25) is 17.7 Å². The van der Waals surface area contributed by atoms with Crippen molar-refractivity contribution >= 4 is 5.91 Å². The third-order valence-corrected chi connectivity index (χ3v) is 3.96. The molecule has 0 aliphatic rings. The van der Waals surface area contributed by atoms with Crippen molar-refractivity contribution in [2.45, 2.75) is 26.2 Å². The number of nitrogens with zero attached hydrogens (tertiary/aromatic N) is 2. The topological polar surface area (TPSA) is 68.0 Å². The molecule has 2 aromatic carbocycles. The molecule has 0 aliphatic carbocycles. The molecule has 0 aliphatic heterocycles. The summed E-state index contributed by atoms with van der Waals surface area (Å²) < 4.78 is 18.7. The summed E-state index contributed by atoms with van der Waals surface area (Å²) in [5, 5.41) is 10.8. The number of aromatic nitrogens is 2. The molecule has 5 nitrogen and oxygen atoms in total. The Hall–Kier alpha value is -3.02. The Balaban J connectivity index is 1.44. The fraction of sp³-hybridized carbons (Fsp3) is 0.250. The molecule has 0 radical (unpaired) electrons. The molecular formula is C20H20FN3O2. The highest BCUT2D eigenvalue weighted by Crippen LogP contribution is 2.18. The van der Waals surface area contributed by atoms with Crippen LogP contribution in [0, 0.1) is 12.7 Å². The number of amides is 1. The van der Waals surface area contributed by atoms with Crippen molar-refractivity contribution < 1.29 is 13.6 Å². The molecule has 0 fully saturated rings. The Morgan fingerprint density at radius 2 is 1.92 bits per heavy atom. The van der Waals surface area contributed by atoms with Crippen LogP contribution in [0.25, 0.3) is 11.5 Å². The number of halogens is 1. The summed E-state index contributed by atoms with van der Waals surface area (Å²) in [6.45, 7) is 2.47. The molecule has 1 N–H and O–H groups in total. The first kappa shape index (κ1) is 17.8. The lowest BCUT2D eigenvalue weighted by Gasteiger charge is -2.04. The molecule has 26 heavy (non-hydrogen) atoms. The molecule has 0 saturated carbocycles. The highest BCUT2D eigenvalue weighted by atomic mass is 19.1. The molecule has 134 valence electrons. The zero-order valence-corrected chi connectivity index (χ0v) is 14.5. The van der Waals surface area contributed by atoms with Crippen LogP contribution in [0.5, 0.6) is 0 Å². The van der Waals surface area contributed by atoms with E-state index in [1.807, 2.05) is 37.3 Å². The fourth-order valence-electron chi connectivity index (χ4n) is 2.52. The van der Waals surface area contributed by atoms with Gasteiger partial charge in [0, 0.05) is 24.9 Å². The van der Waals surface area contributed by atoms with Gasteiger partial charge in [-0.15, -0.1) is 10.2 Å². The van der Waals surface area contributed by atoms with Gasteiger partial charge in [-0.1, -0.05) is 29.8 Å². The van der Waals surface area contributed by atoms with Gasteiger partial charge in [0.25, 0.3) is 0 Å². The largest absolute Gasteiger partial charge is 0.421 e. The normalized spacial score (nSPS) is 10.7. The van der Waals surface area contributed by atoms with Gasteiger partial charge in [-0.2, -0.15) is 0 Å². The lowest BCUT2D eigenvalue weighted by Crippen LogP contribution is -2.25. The summed E-state index contributed by atoms with van der Waals surface area (Å²) >= 11 is 0. The number of benzene rings is 2. The average Bonchev–Trinajstić information content (AvgIpc) is 3.10. The Kier molecular flexibility index (Phi) is 5.73. The van der Waals surface area contributed by atoms with Crippen LogP contribution in [0.1, 0.15) is 23.4 Å². The molecule has 3 aromatic rings. The van der Waals surface area contributed by atoms with Crippen LogP contribution in [-0.2, 0) is 17.6 Å².